The minimum absolute atomic E-state index is 0.147. The number of amides is 2. The normalized spacial score (nSPS) is 11.8. The maximum absolute atomic E-state index is 13.0. The molecule has 206 valence electrons. The Labute approximate surface area is 230 Å². The van der Waals surface area contributed by atoms with Gasteiger partial charge in [-0.2, -0.15) is 5.10 Å². The van der Waals surface area contributed by atoms with Crippen LogP contribution in [0.3, 0.4) is 0 Å². The highest BCUT2D eigenvalue weighted by molar-refractivity contribution is 7.92. The lowest BCUT2D eigenvalue weighted by Gasteiger charge is -2.18. The second-order valence-corrected chi connectivity index (χ2v) is 11.8. The third kappa shape index (κ3) is 6.38. The smallest absolute Gasteiger partial charge is 0.323 e. The van der Waals surface area contributed by atoms with E-state index in [2.05, 4.69) is 30.3 Å². The Kier molecular flexibility index (Phi) is 6.90. The van der Waals surface area contributed by atoms with Gasteiger partial charge in [0.15, 0.2) is 0 Å². The van der Waals surface area contributed by atoms with Crippen molar-refractivity contribution in [3.8, 4) is 22.8 Å². The van der Waals surface area contributed by atoms with Gasteiger partial charge in [-0.1, -0.05) is 6.07 Å². The Hall–Kier alpha value is -4.91. The van der Waals surface area contributed by atoms with Gasteiger partial charge in [-0.15, -0.1) is 0 Å². The molecular weight excluding hydrogens is 532 g/mol. The first-order valence-electron chi connectivity index (χ1n) is 12.3. The van der Waals surface area contributed by atoms with Gasteiger partial charge in [-0.05, 0) is 63.2 Å². The number of nitrogens with one attached hydrogen (secondary N) is 4. The zero-order valence-electron chi connectivity index (χ0n) is 22.3. The summed E-state index contributed by atoms with van der Waals surface area (Å²) in [6, 6.07) is 15.2. The molecular formula is C27H28N8O4S. The molecule has 0 aliphatic heterocycles. The van der Waals surface area contributed by atoms with Crippen LogP contribution in [0.1, 0.15) is 20.8 Å². The van der Waals surface area contributed by atoms with Crippen LogP contribution in [-0.2, 0) is 15.6 Å². The summed E-state index contributed by atoms with van der Waals surface area (Å²) in [6.07, 6.45) is 5.92. The van der Waals surface area contributed by atoms with E-state index in [1.165, 1.54) is 12.3 Å². The fourth-order valence-electron chi connectivity index (χ4n) is 3.85. The average molecular weight is 561 g/mol. The van der Waals surface area contributed by atoms with Gasteiger partial charge >= 0.3 is 6.03 Å². The van der Waals surface area contributed by atoms with E-state index in [-0.39, 0.29) is 11.4 Å². The molecule has 0 saturated heterocycles. The van der Waals surface area contributed by atoms with Gasteiger partial charge in [0.2, 0.25) is 10.0 Å². The van der Waals surface area contributed by atoms with Crippen molar-refractivity contribution >= 4 is 44.3 Å². The number of urea groups is 1. The molecule has 12 nitrogen and oxygen atoms in total. The number of sulfonamides is 1. The van der Waals surface area contributed by atoms with E-state index in [9.17, 15) is 13.2 Å². The Morgan fingerprint density at radius 3 is 2.48 bits per heavy atom. The maximum atomic E-state index is 13.0. The highest BCUT2D eigenvalue weighted by atomic mass is 32.2. The van der Waals surface area contributed by atoms with Crippen molar-refractivity contribution in [1.82, 2.24) is 24.7 Å². The van der Waals surface area contributed by atoms with Crippen LogP contribution in [0.5, 0.6) is 11.5 Å². The van der Waals surface area contributed by atoms with Gasteiger partial charge in [0.05, 0.1) is 34.8 Å². The van der Waals surface area contributed by atoms with E-state index >= 15 is 0 Å². The quantitative estimate of drug-likeness (QED) is 0.208. The zero-order valence-corrected chi connectivity index (χ0v) is 23.1. The van der Waals surface area contributed by atoms with Crippen molar-refractivity contribution in [3.05, 3.63) is 73.3 Å². The van der Waals surface area contributed by atoms with Crippen LogP contribution in [0.15, 0.2) is 73.3 Å². The number of anilines is 3. The Balaban J connectivity index is 1.29. The van der Waals surface area contributed by atoms with Gasteiger partial charge in [-0.25, -0.2) is 23.2 Å². The first-order chi connectivity index (χ1) is 18.9. The van der Waals surface area contributed by atoms with E-state index in [0.717, 1.165) is 22.9 Å². The van der Waals surface area contributed by atoms with Crippen LogP contribution in [0, 0.1) is 0 Å². The van der Waals surface area contributed by atoms with E-state index in [1.54, 1.807) is 36.7 Å². The third-order valence-electron chi connectivity index (χ3n) is 5.71. The fraction of sp³-hybridized carbons (Fsp3) is 0.185. The molecule has 5 aromatic rings. The van der Waals surface area contributed by atoms with Gasteiger partial charge in [0.25, 0.3) is 0 Å². The molecule has 5 rings (SSSR count). The van der Waals surface area contributed by atoms with Crippen molar-refractivity contribution in [2.24, 2.45) is 0 Å². The summed E-state index contributed by atoms with van der Waals surface area (Å²) in [6.45, 7) is 6.09. The summed E-state index contributed by atoms with van der Waals surface area (Å²) in [5, 5.41) is 10.5. The molecule has 0 fully saturated rings. The number of aromatic nitrogens is 5. The number of H-pyrrole nitrogens is 1. The third-order valence-corrected chi connectivity index (χ3v) is 6.29. The largest absolute Gasteiger partial charge is 0.457 e. The van der Waals surface area contributed by atoms with Crippen LogP contribution in [-0.4, -0.2) is 45.4 Å². The number of imidazole rings is 1. The number of carbonyl (C=O) groups excluding carboxylic acids is 1. The van der Waals surface area contributed by atoms with Crippen LogP contribution < -0.4 is 20.1 Å². The number of hydrogen-bond acceptors (Lipinski definition) is 7. The minimum atomic E-state index is -3.46. The first kappa shape index (κ1) is 26.7. The molecule has 0 atom stereocenters. The van der Waals surface area contributed by atoms with E-state index in [0.29, 0.717) is 28.6 Å². The summed E-state index contributed by atoms with van der Waals surface area (Å²) >= 11 is 0. The van der Waals surface area contributed by atoms with E-state index in [1.807, 2.05) is 49.8 Å². The second-order valence-electron chi connectivity index (χ2n) is 10.1. The Morgan fingerprint density at radius 2 is 1.75 bits per heavy atom. The number of benzene rings is 2. The van der Waals surface area contributed by atoms with Gasteiger partial charge in [0.1, 0.15) is 23.0 Å². The topological polar surface area (TPSA) is 156 Å². The Morgan fingerprint density at radius 1 is 0.975 bits per heavy atom. The zero-order chi connectivity index (χ0) is 28.5. The first-order valence-corrected chi connectivity index (χ1v) is 14.2. The number of aromatic amines is 1. The molecule has 0 aliphatic carbocycles. The summed E-state index contributed by atoms with van der Waals surface area (Å²) in [4.78, 5) is 24.3. The fourth-order valence-corrected chi connectivity index (χ4v) is 4.34. The summed E-state index contributed by atoms with van der Waals surface area (Å²) in [5.41, 5.74) is 3.96. The molecule has 2 aromatic carbocycles. The van der Waals surface area contributed by atoms with Crippen molar-refractivity contribution in [2.75, 3.05) is 21.6 Å². The molecule has 0 saturated carbocycles. The number of nitrogens with zero attached hydrogens (tertiary/aromatic N) is 4. The van der Waals surface area contributed by atoms with Crippen LogP contribution in [0.4, 0.5) is 22.0 Å². The predicted molar refractivity (Wildman–Crippen MR) is 154 cm³/mol. The Bertz CT molecular complexity index is 1790. The molecule has 0 radical (unpaired) electrons. The highest BCUT2D eigenvalue weighted by Gasteiger charge is 2.21. The second kappa shape index (κ2) is 10.3. The molecule has 3 heterocycles. The van der Waals surface area contributed by atoms with Gasteiger partial charge in [0, 0.05) is 29.7 Å². The highest BCUT2D eigenvalue weighted by Crippen LogP contribution is 2.31. The molecule has 2 amide bonds. The number of fused-ring (bicyclic) bond motifs is 1. The summed E-state index contributed by atoms with van der Waals surface area (Å²) < 4.78 is 32.8. The van der Waals surface area contributed by atoms with Gasteiger partial charge in [-0.3, -0.25) is 9.40 Å². The molecule has 13 heteroatoms. The number of ether oxygens (including phenoxy) is 1. The van der Waals surface area contributed by atoms with E-state index < -0.39 is 16.1 Å². The van der Waals surface area contributed by atoms with Crippen molar-refractivity contribution in [1.29, 1.82) is 0 Å². The lowest BCUT2D eigenvalue weighted by atomic mass is 10.1. The number of rotatable bonds is 7. The van der Waals surface area contributed by atoms with Crippen molar-refractivity contribution in [2.45, 2.75) is 26.3 Å². The van der Waals surface area contributed by atoms with Crippen LogP contribution >= 0.6 is 0 Å². The number of carbonyl (C=O) groups is 1. The average Bonchev–Trinajstić information content (AvgIpc) is 3.51. The molecule has 0 unspecified atom stereocenters. The minimum Gasteiger partial charge on any atom is -0.457 e. The maximum Gasteiger partial charge on any atom is 0.323 e. The monoisotopic (exact) mass is 560 g/mol. The summed E-state index contributed by atoms with van der Waals surface area (Å²) in [5.74, 6) is 1.04. The lowest BCUT2D eigenvalue weighted by molar-refractivity contribution is 0.262. The van der Waals surface area contributed by atoms with Crippen LogP contribution in [0.25, 0.3) is 22.3 Å². The lowest BCUT2D eigenvalue weighted by Crippen LogP contribution is -2.22. The predicted octanol–water partition coefficient (Wildman–Crippen LogP) is 5.38. The standard InChI is InChI=1S/C27H28N8O4S/c1-27(2,3)35-15-23(25(33-35)17-5-10-21-22(13-17)30-16-29-21)32-26(36)31-18-6-8-19(9-7-18)39-20-11-12-28-24(14-20)34-40(4,37)38/h5-16H,1-4H3,(H,28,34)(H,29,30)(H2,31,32,36). The molecule has 0 aliphatic rings. The molecule has 0 spiro atoms. The molecule has 3 aromatic heterocycles. The molecule has 40 heavy (non-hydrogen) atoms. The van der Waals surface area contributed by atoms with Crippen molar-refractivity contribution < 1.29 is 17.9 Å². The molecule has 4 N–H and O–H groups in total. The van der Waals surface area contributed by atoms with E-state index in [4.69, 9.17) is 9.84 Å². The van der Waals surface area contributed by atoms with Crippen LogP contribution in [0.2, 0.25) is 0 Å². The number of hydrogen-bond donors (Lipinski definition) is 4. The van der Waals surface area contributed by atoms with Gasteiger partial charge < -0.3 is 20.4 Å². The van der Waals surface area contributed by atoms with Crippen molar-refractivity contribution in [3.63, 3.8) is 0 Å². The number of pyridine rings is 1. The SMILES string of the molecule is CC(C)(C)n1cc(NC(=O)Nc2ccc(Oc3ccnc(NS(C)(=O)=O)c3)cc2)c(-c2ccc3[nH]cnc3c2)n1. The molecule has 0 bridgehead atoms. The summed E-state index contributed by atoms with van der Waals surface area (Å²) in [7, 11) is -3.46.